The average molecular weight is 382 g/mol. The van der Waals surface area contributed by atoms with Gasteiger partial charge >= 0.3 is 0 Å². The minimum absolute atomic E-state index is 0.0659. The summed E-state index contributed by atoms with van der Waals surface area (Å²) in [6.07, 6.45) is 2.29. The van der Waals surface area contributed by atoms with Gasteiger partial charge < -0.3 is 5.32 Å². The highest BCUT2D eigenvalue weighted by atomic mass is 127. The third-order valence-corrected chi connectivity index (χ3v) is 5.00. The number of hydrogen-bond donors (Lipinski definition) is 1. The van der Waals surface area contributed by atoms with Crippen LogP contribution in [-0.2, 0) is 0 Å². The van der Waals surface area contributed by atoms with Gasteiger partial charge in [-0.25, -0.2) is 4.39 Å². The predicted octanol–water partition coefficient (Wildman–Crippen LogP) is 3.65. The van der Waals surface area contributed by atoms with E-state index in [-0.39, 0.29) is 14.9 Å². The molecule has 4 nitrogen and oxygen atoms in total. The topological polar surface area (TPSA) is 55.2 Å². The fourth-order valence-electron chi connectivity index (χ4n) is 1.86. The maximum Gasteiger partial charge on any atom is 0.293 e. The van der Waals surface area contributed by atoms with Crippen LogP contribution >= 0.6 is 34.4 Å². The van der Waals surface area contributed by atoms with E-state index in [4.69, 9.17) is 0 Å². The highest BCUT2D eigenvalue weighted by Gasteiger charge is 2.20. The lowest BCUT2D eigenvalue weighted by Gasteiger charge is -2.12. The van der Waals surface area contributed by atoms with Crippen molar-refractivity contribution >= 4 is 45.7 Å². The van der Waals surface area contributed by atoms with E-state index < -0.39 is 10.7 Å². The molecule has 1 aliphatic heterocycles. The van der Waals surface area contributed by atoms with E-state index in [9.17, 15) is 14.5 Å². The molecule has 0 saturated carbocycles. The molecule has 1 heterocycles. The summed E-state index contributed by atoms with van der Waals surface area (Å²) in [5.74, 6) is 0.706. The van der Waals surface area contributed by atoms with Gasteiger partial charge in [0.2, 0.25) is 0 Å². The Bertz CT molecular complexity index is 467. The van der Waals surface area contributed by atoms with Crippen LogP contribution in [-0.4, -0.2) is 22.5 Å². The van der Waals surface area contributed by atoms with Gasteiger partial charge in [0.1, 0.15) is 11.5 Å². The van der Waals surface area contributed by atoms with E-state index in [0.29, 0.717) is 11.8 Å². The molecular weight excluding hydrogens is 370 g/mol. The molecule has 1 aromatic carbocycles. The summed E-state index contributed by atoms with van der Waals surface area (Å²) in [5, 5.41) is 14.4. The normalized spacial score (nSPS) is 18.9. The van der Waals surface area contributed by atoms with Crippen LogP contribution in [0.2, 0.25) is 0 Å². The van der Waals surface area contributed by atoms with E-state index in [0.717, 1.165) is 12.2 Å². The Morgan fingerprint density at radius 3 is 3.00 bits per heavy atom. The number of nitrogens with zero attached hydrogens (tertiary/aromatic N) is 1. The van der Waals surface area contributed by atoms with Crippen molar-refractivity contribution in [3.8, 4) is 0 Å². The number of rotatable bonds is 4. The molecule has 1 unspecified atom stereocenters. The monoisotopic (exact) mass is 382 g/mol. The van der Waals surface area contributed by atoms with E-state index in [2.05, 4.69) is 5.32 Å². The third-order valence-electron chi connectivity index (χ3n) is 2.78. The minimum Gasteiger partial charge on any atom is -0.378 e. The van der Waals surface area contributed by atoms with Crippen LogP contribution in [0.5, 0.6) is 0 Å². The van der Waals surface area contributed by atoms with Crippen LogP contribution in [0.4, 0.5) is 15.8 Å². The Labute approximate surface area is 122 Å². The number of benzene rings is 1. The Morgan fingerprint density at radius 2 is 2.39 bits per heavy atom. The van der Waals surface area contributed by atoms with Crippen molar-refractivity contribution in [2.45, 2.75) is 18.1 Å². The van der Waals surface area contributed by atoms with Crippen LogP contribution in [0.15, 0.2) is 12.1 Å². The molecule has 0 radical (unpaired) electrons. The molecule has 0 aromatic heterocycles. The molecule has 0 bridgehead atoms. The number of nitro benzene ring substituents is 1. The fourth-order valence-corrected chi connectivity index (χ4v) is 3.51. The molecule has 1 aliphatic rings. The standard InChI is InChI=1S/C11H12FIN2O2S/c12-8-4-10(11(15(16)17)5-9(8)13)14-6-7-2-1-3-18-7/h4-5,7,14H,1-3,6H2. The number of thioether (sulfide) groups is 1. The maximum absolute atomic E-state index is 13.4. The minimum atomic E-state index is -0.480. The number of nitrogens with one attached hydrogen (secondary N) is 1. The molecule has 2 rings (SSSR count). The van der Waals surface area contributed by atoms with Crippen LogP contribution in [0.25, 0.3) is 0 Å². The van der Waals surface area contributed by atoms with Crippen LogP contribution in [0.1, 0.15) is 12.8 Å². The van der Waals surface area contributed by atoms with E-state index in [1.54, 1.807) is 22.6 Å². The van der Waals surface area contributed by atoms with Gasteiger partial charge in [-0.2, -0.15) is 11.8 Å². The largest absolute Gasteiger partial charge is 0.378 e. The molecule has 1 aromatic rings. The average Bonchev–Trinajstić information content (AvgIpc) is 2.83. The second kappa shape index (κ2) is 6.05. The lowest BCUT2D eigenvalue weighted by Crippen LogP contribution is -2.14. The summed E-state index contributed by atoms with van der Waals surface area (Å²) in [6, 6.07) is 2.47. The first-order valence-corrected chi connectivity index (χ1v) is 7.69. The summed E-state index contributed by atoms with van der Waals surface area (Å²) in [6.45, 7) is 0.644. The first-order chi connectivity index (χ1) is 8.58. The zero-order valence-electron chi connectivity index (χ0n) is 9.49. The van der Waals surface area contributed by atoms with Gasteiger partial charge in [-0.15, -0.1) is 0 Å². The Kier molecular flexibility index (Phi) is 4.66. The summed E-state index contributed by atoms with van der Waals surface area (Å²) < 4.78 is 13.7. The second-order valence-corrected chi connectivity index (χ2v) is 6.63. The molecule has 98 valence electrons. The highest BCUT2D eigenvalue weighted by Crippen LogP contribution is 2.31. The van der Waals surface area contributed by atoms with Crippen molar-refractivity contribution in [1.29, 1.82) is 0 Å². The van der Waals surface area contributed by atoms with Gasteiger partial charge in [0.05, 0.1) is 8.49 Å². The first-order valence-electron chi connectivity index (χ1n) is 5.57. The SMILES string of the molecule is O=[N+]([O-])c1cc(I)c(F)cc1NCC1CCCS1. The molecule has 1 fully saturated rings. The van der Waals surface area contributed by atoms with Gasteiger partial charge in [-0.1, -0.05) is 0 Å². The summed E-state index contributed by atoms with van der Waals surface area (Å²) in [7, 11) is 0. The lowest BCUT2D eigenvalue weighted by atomic mass is 10.2. The smallest absolute Gasteiger partial charge is 0.293 e. The molecule has 1 N–H and O–H groups in total. The van der Waals surface area contributed by atoms with Crippen molar-refractivity contribution < 1.29 is 9.31 Å². The third kappa shape index (κ3) is 3.25. The van der Waals surface area contributed by atoms with Gasteiger partial charge in [0, 0.05) is 23.9 Å². The number of hydrogen-bond acceptors (Lipinski definition) is 4. The van der Waals surface area contributed by atoms with Crippen molar-refractivity contribution in [2.75, 3.05) is 17.6 Å². The van der Waals surface area contributed by atoms with Crippen LogP contribution < -0.4 is 5.32 Å². The molecular formula is C11H12FIN2O2S. The highest BCUT2D eigenvalue weighted by molar-refractivity contribution is 14.1. The Balaban J connectivity index is 2.14. The predicted molar refractivity (Wildman–Crippen MR) is 79.7 cm³/mol. The van der Waals surface area contributed by atoms with Crippen molar-refractivity contribution in [3.05, 3.63) is 31.6 Å². The molecule has 18 heavy (non-hydrogen) atoms. The van der Waals surface area contributed by atoms with Gasteiger partial charge in [-0.3, -0.25) is 10.1 Å². The second-order valence-electron chi connectivity index (χ2n) is 4.06. The van der Waals surface area contributed by atoms with Gasteiger partial charge in [-0.05, 0) is 41.2 Å². The molecule has 1 saturated heterocycles. The summed E-state index contributed by atoms with van der Waals surface area (Å²) in [5.41, 5.74) is 0.203. The number of halogens is 2. The fraction of sp³-hybridized carbons (Fsp3) is 0.455. The van der Waals surface area contributed by atoms with Crippen molar-refractivity contribution in [3.63, 3.8) is 0 Å². The zero-order chi connectivity index (χ0) is 13.1. The Morgan fingerprint density at radius 1 is 1.61 bits per heavy atom. The van der Waals surface area contributed by atoms with E-state index >= 15 is 0 Å². The zero-order valence-corrected chi connectivity index (χ0v) is 12.5. The lowest BCUT2D eigenvalue weighted by molar-refractivity contribution is -0.384. The molecule has 0 spiro atoms. The van der Waals surface area contributed by atoms with Gasteiger partial charge in [0.25, 0.3) is 5.69 Å². The molecule has 0 amide bonds. The molecule has 7 heteroatoms. The molecule has 1 atom stereocenters. The van der Waals surface area contributed by atoms with E-state index in [1.807, 2.05) is 11.8 Å². The summed E-state index contributed by atoms with van der Waals surface area (Å²) in [4.78, 5) is 10.4. The van der Waals surface area contributed by atoms with E-state index in [1.165, 1.54) is 18.6 Å². The van der Waals surface area contributed by atoms with Gasteiger partial charge in [0.15, 0.2) is 0 Å². The Hall–Kier alpha value is -0.570. The maximum atomic E-state index is 13.4. The summed E-state index contributed by atoms with van der Waals surface area (Å²) >= 11 is 3.61. The van der Waals surface area contributed by atoms with Crippen molar-refractivity contribution in [2.24, 2.45) is 0 Å². The first kappa shape index (κ1) is 13.9. The van der Waals surface area contributed by atoms with Crippen molar-refractivity contribution in [1.82, 2.24) is 0 Å². The number of anilines is 1. The van der Waals surface area contributed by atoms with Crippen LogP contribution in [0, 0.1) is 19.5 Å². The van der Waals surface area contributed by atoms with Crippen LogP contribution in [0.3, 0.4) is 0 Å². The number of nitro groups is 1. The molecule has 0 aliphatic carbocycles. The quantitative estimate of drug-likeness (QED) is 0.491.